The zero-order valence-electron chi connectivity index (χ0n) is 15.5. The Kier molecular flexibility index (Phi) is 5.66. The molecule has 0 spiro atoms. The van der Waals surface area contributed by atoms with Gasteiger partial charge in [0.25, 0.3) is 0 Å². The molecule has 27 heavy (non-hydrogen) atoms. The highest BCUT2D eigenvalue weighted by atomic mass is 16.5. The summed E-state index contributed by atoms with van der Waals surface area (Å²) in [5.74, 6) is 1.28. The number of carbonyl (C=O) groups excluding carboxylic acids is 2. The van der Waals surface area contributed by atoms with Crippen LogP contribution in [0.4, 0.5) is 11.6 Å². The summed E-state index contributed by atoms with van der Waals surface area (Å²) in [6.45, 7) is 3.50. The van der Waals surface area contributed by atoms with Gasteiger partial charge in [-0.3, -0.25) is 14.5 Å². The molecule has 2 heterocycles. The SMILES string of the molecule is COC(=O)Cc1cccc(CNCCN2C(=O)Cc3c(N)nc(C)nc32)c1. The molecule has 1 aromatic heterocycles. The minimum atomic E-state index is -0.261. The molecular weight excluding hydrogens is 346 g/mol. The van der Waals surface area contributed by atoms with Crippen LogP contribution in [0.3, 0.4) is 0 Å². The predicted molar refractivity (Wildman–Crippen MR) is 101 cm³/mol. The third kappa shape index (κ3) is 4.40. The number of methoxy groups -OCH3 is 1. The molecular formula is C19H23N5O3. The van der Waals surface area contributed by atoms with E-state index in [0.29, 0.717) is 42.7 Å². The zero-order valence-corrected chi connectivity index (χ0v) is 15.5. The number of nitrogen functional groups attached to an aromatic ring is 1. The van der Waals surface area contributed by atoms with E-state index in [2.05, 4.69) is 15.3 Å². The van der Waals surface area contributed by atoms with E-state index >= 15 is 0 Å². The van der Waals surface area contributed by atoms with Crippen LogP contribution in [0.15, 0.2) is 24.3 Å². The van der Waals surface area contributed by atoms with Gasteiger partial charge in [0.05, 0.1) is 20.0 Å². The number of carbonyl (C=O) groups is 2. The fourth-order valence-electron chi connectivity index (χ4n) is 3.10. The molecule has 8 nitrogen and oxygen atoms in total. The van der Waals surface area contributed by atoms with Crippen LogP contribution in [0.2, 0.25) is 0 Å². The molecule has 1 aliphatic rings. The summed E-state index contributed by atoms with van der Waals surface area (Å²) in [4.78, 5) is 33.8. The van der Waals surface area contributed by atoms with Gasteiger partial charge >= 0.3 is 5.97 Å². The quantitative estimate of drug-likeness (QED) is 0.548. The first-order valence-corrected chi connectivity index (χ1v) is 8.76. The lowest BCUT2D eigenvalue weighted by molar-refractivity contribution is -0.139. The molecule has 0 saturated heterocycles. The number of amides is 1. The summed E-state index contributed by atoms with van der Waals surface area (Å²) in [5.41, 5.74) is 8.59. The van der Waals surface area contributed by atoms with Crippen molar-refractivity contribution >= 4 is 23.5 Å². The van der Waals surface area contributed by atoms with Crippen molar-refractivity contribution in [2.75, 3.05) is 30.8 Å². The Hall–Kier alpha value is -3.00. The van der Waals surface area contributed by atoms with Gasteiger partial charge in [-0.15, -0.1) is 0 Å². The van der Waals surface area contributed by atoms with Crippen LogP contribution in [-0.2, 0) is 33.7 Å². The van der Waals surface area contributed by atoms with Gasteiger partial charge in [0, 0.05) is 25.2 Å². The van der Waals surface area contributed by atoms with Crippen LogP contribution in [-0.4, -0.2) is 42.0 Å². The van der Waals surface area contributed by atoms with Crippen molar-refractivity contribution in [2.24, 2.45) is 0 Å². The number of esters is 1. The number of ether oxygens (including phenoxy) is 1. The Morgan fingerprint density at radius 2 is 2.11 bits per heavy atom. The number of aromatic nitrogens is 2. The average molecular weight is 369 g/mol. The van der Waals surface area contributed by atoms with Gasteiger partial charge in [-0.05, 0) is 18.1 Å². The minimum absolute atomic E-state index is 0.0153. The first kappa shape index (κ1) is 18.8. The van der Waals surface area contributed by atoms with E-state index in [4.69, 9.17) is 10.5 Å². The molecule has 0 saturated carbocycles. The number of benzene rings is 1. The van der Waals surface area contributed by atoms with E-state index in [1.165, 1.54) is 7.11 Å². The van der Waals surface area contributed by atoms with Crippen molar-refractivity contribution < 1.29 is 14.3 Å². The number of rotatable bonds is 7. The molecule has 1 amide bonds. The van der Waals surface area contributed by atoms with E-state index in [-0.39, 0.29) is 24.7 Å². The Morgan fingerprint density at radius 3 is 2.89 bits per heavy atom. The van der Waals surface area contributed by atoms with Crippen LogP contribution in [0, 0.1) is 6.92 Å². The number of nitrogens with zero attached hydrogens (tertiary/aromatic N) is 3. The summed E-state index contributed by atoms with van der Waals surface area (Å²) < 4.78 is 4.69. The molecule has 0 bridgehead atoms. The van der Waals surface area contributed by atoms with Gasteiger partial charge < -0.3 is 15.8 Å². The van der Waals surface area contributed by atoms with Gasteiger partial charge in [0.2, 0.25) is 5.91 Å². The molecule has 8 heteroatoms. The van der Waals surface area contributed by atoms with E-state index in [9.17, 15) is 9.59 Å². The van der Waals surface area contributed by atoms with Crippen molar-refractivity contribution in [2.45, 2.75) is 26.3 Å². The van der Waals surface area contributed by atoms with Crippen molar-refractivity contribution in [1.82, 2.24) is 15.3 Å². The van der Waals surface area contributed by atoms with Crippen LogP contribution in [0.1, 0.15) is 22.5 Å². The highest BCUT2D eigenvalue weighted by Gasteiger charge is 2.30. The van der Waals surface area contributed by atoms with Gasteiger partial charge in [0.15, 0.2) is 0 Å². The maximum atomic E-state index is 12.3. The maximum Gasteiger partial charge on any atom is 0.309 e. The highest BCUT2D eigenvalue weighted by molar-refractivity contribution is 6.01. The molecule has 0 radical (unpaired) electrons. The number of aryl methyl sites for hydroxylation is 1. The number of anilines is 2. The van der Waals surface area contributed by atoms with Crippen LogP contribution in [0.5, 0.6) is 0 Å². The maximum absolute atomic E-state index is 12.3. The number of nitrogens with one attached hydrogen (secondary N) is 1. The summed E-state index contributed by atoms with van der Waals surface area (Å²) >= 11 is 0. The van der Waals surface area contributed by atoms with Crippen LogP contribution in [0.25, 0.3) is 0 Å². The summed E-state index contributed by atoms with van der Waals surface area (Å²) in [6, 6.07) is 7.77. The Morgan fingerprint density at radius 1 is 1.33 bits per heavy atom. The highest BCUT2D eigenvalue weighted by Crippen LogP contribution is 2.29. The number of hydrogen-bond acceptors (Lipinski definition) is 7. The Labute approximate surface area is 157 Å². The Balaban J connectivity index is 1.55. The normalized spacial score (nSPS) is 13.0. The first-order chi connectivity index (χ1) is 13.0. The number of nitrogens with two attached hydrogens (primary N) is 1. The second-order valence-corrected chi connectivity index (χ2v) is 6.43. The molecule has 2 aromatic rings. The summed E-state index contributed by atoms with van der Waals surface area (Å²) in [7, 11) is 1.38. The molecule has 0 fully saturated rings. The van der Waals surface area contributed by atoms with Crippen molar-refractivity contribution in [3.05, 3.63) is 46.8 Å². The minimum Gasteiger partial charge on any atom is -0.469 e. The van der Waals surface area contributed by atoms with Gasteiger partial charge in [-0.2, -0.15) is 0 Å². The zero-order chi connectivity index (χ0) is 19.4. The summed E-state index contributed by atoms with van der Waals surface area (Å²) in [6.07, 6.45) is 0.501. The van der Waals surface area contributed by atoms with E-state index in [1.54, 1.807) is 11.8 Å². The first-order valence-electron chi connectivity index (χ1n) is 8.76. The monoisotopic (exact) mass is 369 g/mol. The average Bonchev–Trinajstić information content (AvgIpc) is 2.95. The third-order valence-electron chi connectivity index (χ3n) is 4.42. The second kappa shape index (κ2) is 8.13. The molecule has 142 valence electrons. The second-order valence-electron chi connectivity index (χ2n) is 6.43. The standard InChI is InChI=1S/C19H23N5O3/c1-12-22-18(20)15-10-16(25)24(19(15)23-12)7-6-21-11-14-5-3-4-13(8-14)9-17(26)27-2/h3-5,8,21H,6-7,9-11H2,1-2H3,(H2,20,22,23). The molecule has 0 unspecified atom stereocenters. The van der Waals surface area contributed by atoms with E-state index in [0.717, 1.165) is 11.1 Å². The Bertz CT molecular complexity index is 868. The van der Waals surface area contributed by atoms with Gasteiger partial charge in [0.1, 0.15) is 17.5 Å². The van der Waals surface area contributed by atoms with Crippen LogP contribution < -0.4 is 16.0 Å². The molecule has 1 aliphatic heterocycles. The number of hydrogen-bond donors (Lipinski definition) is 2. The largest absolute Gasteiger partial charge is 0.469 e. The lowest BCUT2D eigenvalue weighted by atomic mass is 10.1. The van der Waals surface area contributed by atoms with Crippen molar-refractivity contribution in [1.29, 1.82) is 0 Å². The van der Waals surface area contributed by atoms with E-state index in [1.807, 2.05) is 24.3 Å². The lowest BCUT2D eigenvalue weighted by Crippen LogP contribution is -2.34. The summed E-state index contributed by atoms with van der Waals surface area (Å²) in [5, 5.41) is 3.32. The smallest absolute Gasteiger partial charge is 0.309 e. The number of fused-ring (bicyclic) bond motifs is 1. The predicted octanol–water partition coefficient (Wildman–Crippen LogP) is 0.762. The molecule has 3 N–H and O–H groups in total. The topological polar surface area (TPSA) is 110 Å². The van der Waals surface area contributed by atoms with Gasteiger partial charge in [-0.25, -0.2) is 9.97 Å². The van der Waals surface area contributed by atoms with Crippen molar-refractivity contribution in [3.8, 4) is 0 Å². The third-order valence-corrected chi connectivity index (χ3v) is 4.42. The van der Waals surface area contributed by atoms with Gasteiger partial charge in [-0.1, -0.05) is 24.3 Å². The lowest BCUT2D eigenvalue weighted by Gasteiger charge is -2.17. The van der Waals surface area contributed by atoms with Crippen LogP contribution >= 0.6 is 0 Å². The molecule has 0 aliphatic carbocycles. The van der Waals surface area contributed by atoms with E-state index < -0.39 is 0 Å². The molecule has 0 atom stereocenters. The van der Waals surface area contributed by atoms with Crippen molar-refractivity contribution in [3.63, 3.8) is 0 Å². The fourth-order valence-corrected chi connectivity index (χ4v) is 3.10. The molecule has 3 rings (SSSR count). The molecule has 1 aromatic carbocycles. The fraction of sp³-hybridized carbons (Fsp3) is 0.368.